The molecule has 27 atom stereocenters. The van der Waals surface area contributed by atoms with Gasteiger partial charge in [-0.15, -0.1) is 0 Å². The third-order valence-electron chi connectivity index (χ3n) is 19.6. The van der Waals surface area contributed by atoms with E-state index in [1.807, 2.05) is 0 Å². The number of carbonyl (C=O) groups is 1. The van der Waals surface area contributed by atoms with E-state index < -0.39 is 141 Å². The molecule has 0 spiro atoms. The zero-order valence-electron chi connectivity index (χ0n) is 41.9. The second-order valence-electron chi connectivity index (χ2n) is 23.8. The standard InChI is InChI=1S/C51H80O21/c1-21-11-14-51(16-15-49(5)23-9-10-30-48(3,4)31(70-44-38(60)33(55)27(53)19-65-44)12-13-50(30,6)24(23)7-8-25(49)26(51)17-21)47(64)72-46-40(62)36(58)34(56)29(69-46)20-66-43-41(63)37(59)42(28(18-52)68-43)71-45-39(61)35(57)32(54)22(2)67-45/h8,22-24,26-46,52-63H,1,7,9-20H2,2-6H3/t22-,23+,24-,26-,27-,28+,29+,30-,31-,32-,33-,34+,35+,36-,37+,38+,39+,40+,41+,42+,43+,44-,45-,46-,49-,50+,51-/m0/s1. The van der Waals surface area contributed by atoms with Gasteiger partial charge in [-0.1, -0.05) is 51.5 Å². The largest absolute Gasteiger partial charge is 0.432 e. The third kappa shape index (κ3) is 9.17. The Labute approximate surface area is 419 Å². The quantitative estimate of drug-likeness (QED) is 0.0693. The minimum absolute atomic E-state index is 0.0498. The molecule has 0 amide bonds. The van der Waals surface area contributed by atoms with Crippen molar-refractivity contribution in [3.63, 3.8) is 0 Å². The monoisotopic (exact) mass is 1030 g/mol. The number of allylic oxidation sites excluding steroid dienone is 3. The average molecular weight is 1030 g/mol. The minimum atomic E-state index is -1.86. The summed E-state index contributed by atoms with van der Waals surface area (Å²) >= 11 is 0. The van der Waals surface area contributed by atoms with Crippen LogP contribution in [0.4, 0.5) is 0 Å². The van der Waals surface area contributed by atoms with Gasteiger partial charge in [-0.3, -0.25) is 4.79 Å². The van der Waals surface area contributed by atoms with Crippen LogP contribution >= 0.6 is 0 Å². The summed E-state index contributed by atoms with van der Waals surface area (Å²) in [6.45, 7) is 13.5. The fourth-order valence-electron chi connectivity index (χ4n) is 15.2. The number of esters is 1. The van der Waals surface area contributed by atoms with Gasteiger partial charge in [0, 0.05) is 5.92 Å². The second-order valence-corrected chi connectivity index (χ2v) is 23.8. The molecule has 0 aromatic rings. The molecular formula is C51H80O21. The molecule has 9 aliphatic rings. The number of carbonyl (C=O) groups excluding carboxylic acids is 1. The summed E-state index contributed by atoms with van der Waals surface area (Å²) in [5, 5.41) is 128. The van der Waals surface area contributed by atoms with Crippen molar-refractivity contribution >= 4 is 5.97 Å². The summed E-state index contributed by atoms with van der Waals surface area (Å²) in [4.78, 5) is 14.9. The molecule has 72 heavy (non-hydrogen) atoms. The first-order chi connectivity index (χ1) is 33.9. The molecule has 0 aromatic heterocycles. The van der Waals surface area contributed by atoms with Gasteiger partial charge >= 0.3 is 5.97 Å². The van der Waals surface area contributed by atoms with Crippen LogP contribution in [0.3, 0.4) is 0 Å². The molecule has 21 heteroatoms. The summed E-state index contributed by atoms with van der Waals surface area (Å²) in [6.07, 6.45) is -20.0. The van der Waals surface area contributed by atoms with E-state index in [9.17, 15) is 66.1 Å². The van der Waals surface area contributed by atoms with E-state index in [1.165, 1.54) is 12.5 Å². The van der Waals surface area contributed by atoms with Crippen molar-refractivity contribution in [2.45, 2.75) is 222 Å². The summed E-state index contributed by atoms with van der Waals surface area (Å²) in [7, 11) is 0. The van der Waals surface area contributed by atoms with Gasteiger partial charge < -0.3 is 99.2 Å². The number of hydrogen-bond acceptors (Lipinski definition) is 21. The Bertz CT molecular complexity index is 1990. The first-order valence-corrected chi connectivity index (χ1v) is 26.1. The second kappa shape index (κ2) is 20.5. The Hall–Kier alpha value is -1.81. The Kier molecular flexibility index (Phi) is 15.7. The summed E-state index contributed by atoms with van der Waals surface area (Å²) in [5.41, 5.74) is 0.647. The van der Waals surface area contributed by atoms with E-state index in [2.05, 4.69) is 40.3 Å². The van der Waals surface area contributed by atoms with Gasteiger partial charge in [-0.05, 0) is 105 Å². The molecule has 9 rings (SSSR count). The van der Waals surface area contributed by atoms with Gasteiger partial charge in [-0.25, -0.2) is 0 Å². The molecule has 0 unspecified atom stereocenters. The van der Waals surface area contributed by atoms with Crippen molar-refractivity contribution in [2.75, 3.05) is 19.8 Å². The van der Waals surface area contributed by atoms with Crippen molar-refractivity contribution in [1.29, 1.82) is 0 Å². The van der Waals surface area contributed by atoms with Crippen LogP contribution in [-0.4, -0.2) is 210 Å². The summed E-state index contributed by atoms with van der Waals surface area (Å²) < 4.78 is 46.8. The third-order valence-corrected chi connectivity index (χ3v) is 19.6. The molecule has 0 aromatic carbocycles. The maximum atomic E-state index is 14.9. The lowest BCUT2D eigenvalue weighted by atomic mass is 9.38. The number of aliphatic hydroxyl groups excluding tert-OH is 12. The predicted molar refractivity (Wildman–Crippen MR) is 246 cm³/mol. The number of ether oxygens (including phenoxy) is 8. The SMILES string of the molecule is C=C1CC[C@]2(C(=O)O[C@@H]3O[C@H](CO[C@@H]4O[C@H](CO)[C@@H](O[C@@H]5O[C@@H](C)[C@H](O)[C@@H](O)[C@H]5O)[C@H](O)[C@H]4O)[C@@H](O)[C@H](O)[C@H]3O)CC[C@]3(C)C(=CC[C@H]4[C@H]3CC[C@H]3C(C)(C)[C@@H](O[C@@H]5OC[C@H](O)[C@H](O)[C@H]5O)CC[C@]43C)[C@@H]2C1. The molecule has 0 bridgehead atoms. The highest BCUT2D eigenvalue weighted by molar-refractivity contribution is 5.79. The van der Waals surface area contributed by atoms with Crippen LogP contribution in [0.1, 0.15) is 98.8 Å². The molecule has 410 valence electrons. The first-order valence-electron chi connectivity index (χ1n) is 26.1. The van der Waals surface area contributed by atoms with Crippen LogP contribution in [0, 0.1) is 45.3 Å². The average Bonchev–Trinajstić information content (AvgIpc) is 3.34. The van der Waals surface area contributed by atoms with E-state index in [4.69, 9.17) is 37.9 Å². The smallest absolute Gasteiger partial charge is 0.315 e. The highest BCUT2D eigenvalue weighted by Crippen LogP contribution is 2.71. The van der Waals surface area contributed by atoms with Gasteiger partial charge in [0.2, 0.25) is 6.29 Å². The highest BCUT2D eigenvalue weighted by Gasteiger charge is 2.66. The van der Waals surface area contributed by atoms with Gasteiger partial charge in [0.05, 0.1) is 37.4 Å². The Morgan fingerprint density at radius 3 is 2.08 bits per heavy atom. The lowest BCUT2D eigenvalue weighted by molar-refractivity contribution is -0.361. The van der Waals surface area contributed by atoms with E-state index in [-0.39, 0.29) is 40.8 Å². The van der Waals surface area contributed by atoms with Crippen LogP contribution in [0.2, 0.25) is 0 Å². The fourth-order valence-corrected chi connectivity index (χ4v) is 15.2. The lowest BCUT2D eigenvalue weighted by Crippen LogP contribution is -2.64. The van der Waals surface area contributed by atoms with Crippen molar-refractivity contribution in [2.24, 2.45) is 45.3 Å². The van der Waals surface area contributed by atoms with E-state index in [0.29, 0.717) is 43.9 Å². The van der Waals surface area contributed by atoms with Crippen molar-refractivity contribution < 1.29 is 104 Å². The van der Waals surface area contributed by atoms with Crippen LogP contribution in [-0.2, 0) is 42.7 Å². The summed E-state index contributed by atoms with van der Waals surface area (Å²) in [6, 6.07) is 0. The number of rotatable bonds is 10. The molecule has 4 saturated carbocycles. The zero-order valence-corrected chi connectivity index (χ0v) is 41.9. The van der Waals surface area contributed by atoms with Gasteiger partial charge in [0.15, 0.2) is 18.9 Å². The predicted octanol–water partition coefficient (Wildman–Crippen LogP) is -1.23. The normalized spacial score (nSPS) is 53.5. The van der Waals surface area contributed by atoms with Gasteiger partial charge in [-0.2, -0.15) is 0 Å². The van der Waals surface area contributed by atoms with E-state index in [0.717, 1.165) is 37.7 Å². The number of fused-ring (bicyclic) bond motifs is 7. The molecular weight excluding hydrogens is 949 g/mol. The molecule has 4 aliphatic heterocycles. The number of hydrogen-bond donors (Lipinski definition) is 12. The van der Waals surface area contributed by atoms with Crippen molar-refractivity contribution in [1.82, 2.24) is 0 Å². The van der Waals surface area contributed by atoms with E-state index in [1.54, 1.807) is 0 Å². The maximum Gasteiger partial charge on any atom is 0.315 e. The number of aliphatic hydroxyl groups is 12. The lowest BCUT2D eigenvalue weighted by Gasteiger charge is -2.67. The van der Waals surface area contributed by atoms with Crippen molar-refractivity contribution in [3.8, 4) is 0 Å². The van der Waals surface area contributed by atoms with Gasteiger partial charge in [0.1, 0.15) is 85.5 Å². The van der Waals surface area contributed by atoms with E-state index >= 15 is 0 Å². The van der Waals surface area contributed by atoms with Crippen LogP contribution < -0.4 is 0 Å². The van der Waals surface area contributed by atoms with Gasteiger partial charge in [0.25, 0.3) is 0 Å². The Morgan fingerprint density at radius 1 is 0.694 bits per heavy atom. The fraction of sp³-hybridized carbons (Fsp3) is 0.902. The van der Waals surface area contributed by atoms with Crippen LogP contribution in [0.5, 0.6) is 0 Å². The minimum Gasteiger partial charge on any atom is -0.432 e. The Morgan fingerprint density at radius 2 is 1.36 bits per heavy atom. The highest BCUT2D eigenvalue weighted by atomic mass is 16.8. The Balaban J connectivity index is 0.867. The van der Waals surface area contributed by atoms with Crippen LogP contribution in [0.15, 0.2) is 23.8 Å². The zero-order chi connectivity index (χ0) is 52.1. The maximum absolute atomic E-state index is 14.9. The molecule has 0 radical (unpaired) electrons. The molecule has 4 heterocycles. The molecule has 4 saturated heterocycles. The first kappa shape index (κ1) is 55.0. The topological polar surface area (TPSA) is 334 Å². The molecule has 5 aliphatic carbocycles. The summed E-state index contributed by atoms with van der Waals surface area (Å²) in [5.74, 6) is 0.0955. The molecule has 12 N–H and O–H groups in total. The van der Waals surface area contributed by atoms with Crippen LogP contribution in [0.25, 0.3) is 0 Å². The molecule has 8 fully saturated rings. The van der Waals surface area contributed by atoms with Crippen molar-refractivity contribution in [3.05, 3.63) is 23.8 Å². The molecule has 21 nitrogen and oxygen atoms in total.